The second-order valence-electron chi connectivity index (χ2n) is 9.03. The molecule has 0 atom stereocenters. The van der Waals surface area contributed by atoms with Crippen LogP contribution in [0.15, 0.2) is 62.2 Å². The highest BCUT2D eigenvalue weighted by molar-refractivity contribution is 5.80. The summed E-state index contributed by atoms with van der Waals surface area (Å²) in [6.07, 6.45) is 0. The van der Waals surface area contributed by atoms with Gasteiger partial charge in [0, 0.05) is 56.3 Å². The van der Waals surface area contributed by atoms with Gasteiger partial charge in [0.2, 0.25) is 5.89 Å². The van der Waals surface area contributed by atoms with Gasteiger partial charge in [-0.1, -0.05) is 29.8 Å². The quantitative estimate of drug-likeness (QED) is 0.417. The summed E-state index contributed by atoms with van der Waals surface area (Å²) < 4.78 is 11.4. The molecular weight excluding hydrogens is 414 g/mol. The van der Waals surface area contributed by atoms with E-state index in [0.717, 1.165) is 72.8 Å². The minimum atomic E-state index is -0.285. The lowest BCUT2D eigenvalue weighted by atomic mass is 10.1. The van der Waals surface area contributed by atoms with Crippen LogP contribution < -0.4 is 5.63 Å². The van der Waals surface area contributed by atoms with E-state index in [1.54, 1.807) is 6.07 Å². The third-order valence-corrected chi connectivity index (χ3v) is 6.41. The van der Waals surface area contributed by atoms with Gasteiger partial charge in [0.15, 0.2) is 0 Å². The van der Waals surface area contributed by atoms with Crippen molar-refractivity contribution in [2.24, 2.45) is 0 Å². The van der Waals surface area contributed by atoms with Crippen LogP contribution in [0.2, 0.25) is 0 Å². The first-order valence-electron chi connectivity index (χ1n) is 11.5. The summed E-state index contributed by atoms with van der Waals surface area (Å²) in [5.74, 6) is 1.57. The van der Waals surface area contributed by atoms with Gasteiger partial charge in [-0.25, -0.2) is 9.78 Å². The number of benzene rings is 2. The van der Waals surface area contributed by atoms with Crippen molar-refractivity contribution in [3.63, 3.8) is 0 Å². The highest BCUT2D eigenvalue weighted by atomic mass is 16.4. The van der Waals surface area contributed by atoms with E-state index in [1.807, 2.05) is 19.9 Å². The van der Waals surface area contributed by atoms with E-state index in [1.165, 1.54) is 5.56 Å². The van der Waals surface area contributed by atoms with E-state index in [2.05, 4.69) is 53.1 Å². The van der Waals surface area contributed by atoms with Gasteiger partial charge in [0.1, 0.15) is 11.3 Å². The van der Waals surface area contributed by atoms with Crippen molar-refractivity contribution in [2.75, 3.05) is 26.2 Å². The Kier molecular flexibility index (Phi) is 5.87. The van der Waals surface area contributed by atoms with Crippen molar-refractivity contribution in [1.29, 1.82) is 0 Å². The van der Waals surface area contributed by atoms with Crippen molar-refractivity contribution in [3.05, 3.63) is 87.1 Å². The monoisotopic (exact) mass is 443 g/mol. The normalized spacial score (nSPS) is 15.4. The molecule has 0 N–H and O–H groups in total. The van der Waals surface area contributed by atoms with Crippen LogP contribution >= 0.6 is 0 Å². The Morgan fingerprint density at radius 2 is 1.48 bits per heavy atom. The van der Waals surface area contributed by atoms with E-state index >= 15 is 0 Å². The molecule has 0 radical (unpaired) electrons. The molecule has 0 amide bonds. The van der Waals surface area contributed by atoms with Crippen LogP contribution in [-0.4, -0.2) is 41.0 Å². The number of fused-ring (bicyclic) bond motifs is 1. The molecule has 0 aliphatic carbocycles. The van der Waals surface area contributed by atoms with E-state index in [9.17, 15) is 4.79 Å². The molecule has 1 fully saturated rings. The SMILES string of the molecule is Cc1ccc(-c2nc(CN3CCN(Cc4cc(=O)oc5cc(C)ccc45)CC3)c(C)o2)cc1. The summed E-state index contributed by atoms with van der Waals surface area (Å²) in [7, 11) is 0. The van der Waals surface area contributed by atoms with E-state index in [0.29, 0.717) is 11.5 Å². The second-order valence-corrected chi connectivity index (χ2v) is 9.03. The van der Waals surface area contributed by atoms with E-state index < -0.39 is 0 Å². The summed E-state index contributed by atoms with van der Waals surface area (Å²) in [4.78, 5) is 21.6. The largest absolute Gasteiger partial charge is 0.441 e. The van der Waals surface area contributed by atoms with Gasteiger partial charge < -0.3 is 8.83 Å². The molecule has 0 saturated carbocycles. The lowest BCUT2D eigenvalue weighted by molar-refractivity contribution is 0.121. The van der Waals surface area contributed by atoms with Gasteiger partial charge in [-0.15, -0.1) is 0 Å². The standard InChI is InChI=1S/C27H29N3O3/c1-18-4-7-21(8-5-18)27-28-24(20(3)32-27)17-30-12-10-29(11-13-30)16-22-15-26(31)33-25-14-19(2)6-9-23(22)25/h4-9,14-15H,10-13,16-17H2,1-3H3. The third-order valence-electron chi connectivity index (χ3n) is 6.41. The molecule has 33 heavy (non-hydrogen) atoms. The Labute approximate surface area is 193 Å². The molecule has 0 bridgehead atoms. The second kappa shape index (κ2) is 8.96. The zero-order chi connectivity index (χ0) is 22.9. The number of hydrogen-bond acceptors (Lipinski definition) is 6. The van der Waals surface area contributed by atoms with Crippen molar-refractivity contribution >= 4 is 11.0 Å². The topological polar surface area (TPSA) is 62.7 Å². The summed E-state index contributed by atoms with van der Waals surface area (Å²) in [6.45, 7) is 11.4. The molecule has 0 spiro atoms. The molecule has 6 nitrogen and oxygen atoms in total. The van der Waals surface area contributed by atoms with E-state index in [-0.39, 0.29) is 5.63 Å². The third kappa shape index (κ3) is 4.77. The Balaban J connectivity index is 1.23. The van der Waals surface area contributed by atoms with Crippen molar-refractivity contribution < 1.29 is 8.83 Å². The summed E-state index contributed by atoms with van der Waals surface area (Å²) in [5, 5.41) is 1.02. The van der Waals surface area contributed by atoms with Gasteiger partial charge in [0.25, 0.3) is 0 Å². The molecule has 2 aromatic heterocycles. The first kappa shape index (κ1) is 21.6. The molecular formula is C27H29N3O3. The number of rotatable bonds is 5. The van der Waals surface area contributed by atoms with Gasteiger partial charge >= 0.3 is 5.63 Å². The Hall–Kier alpha value is -3.22. The number of piperazine rings is 1. The molecule has 1 aliphatic heterocycles. The van der Waals surface area contributed by atoms with Crippen molar-refractivity contribution in [1.82, 2.24) is 14.8 Å². The highest BCUT2D eigenvalue weighted by Crippen LogP contribution is 2.24. The average Bonchev–Trinajstić information content (AvgIpc) is 3.15. The fraction of sp³-hybridized carbons (Fsp3) is 0.333. The van der Waals surface area contributed by atoms with E-state index in [4.69, 9.17) is 13.8 Å². The van der Waals surface area contributed by atoms with Gasteiger partial charge in [-0.2, -0.15) is 0 Å². The molecule has 1 aliphatic rings. The Morgan fingerprint density at radius 1 is 0.818 bits per heavy atom. The van der Waals surface area contributed by atoms with Crippen LogP contribution in [0.5, 0.6) is 0 Å². The maximum Gasteiger partial charge on any atom is 0.336 e. The van der Waals surface area contributed by atoms with Crippen LogP contribution in [0.25, 0.3) is 22.4 Å². The number of hydrogen-bond donors (Lipinski definition) is 0. The molecule has 6 heteroatoms. The first-order valence-corrected chi connectivity index (χ1v) is 11.5. The lowest BCUT2D eigenvalue weighted by Crippen LogP contribution is -2.45. The summed E-state index contributed by atoms with van der Waals surface area (Å²) >= 11 is 0. The minimum absolute atomic E-state index is 0.285. The highest BCUT2D eigenvalue weighted by Gasteiger charge is 2.21. The average molecular weight is 444 g/mol. The summed E-state index contributed by atoms with van der Waals surface area (Å²) in [5.41, 5.74) is 5.74. The predicted molar refractivity (Wildman–Crippen MR) is 129 cm³/mol. The fourth-order valence-electron chi connectivity index (χ4n) is 4.42. The van der Waals surface area contributed by atoms with Gasteiger partial charge in [-0.05, 0) is 50.1 Å². The zero-order valence-corrected chi connectivity index (χ0v) is 19.4. The van der Waals surface area contributed by atoms with Crippen LogP contribution in [0.4, 0.5) is 0 Å². The Morgan fingerprint density at radius 3 is 2.21 bits per heavy atom. The number of nitrogens with zero attached hydrogens (tertiary/aromatic N) is 3. The number of oxazole rings is 1. The maximum absolute atomic E-state index is 12.1. The summed E-state index contributed by atoms with van der Waals surface area (Å²) in [6, 6.07) is 16.0. The minimum Gasteiger partial charge on any atom is -0.441 e. The van der Waals surface area contributed by atoms with Crippen LogP contribution in [0, 0.1) is 20.8 Å². The first-order chi connectivity index (χ1) is 15.9. The van der Waals surface area contributed by atoms with Crippen LogP contribution in [-0.2, 0) is 13.1 Å². The van der Waals surface area contributed by atoms with Gasteiger partial charge in [0.05, 0.1) is 5.69 Å². The van der Waals surface area contributed by atoms with Crippen molar-refractivity contribution in [2.45, 2.75) is 33.9 Å². The lowest BCUT2D eigenvalue weighted by Gasteiger charge is -2.34. The fourth-order valence-corrected chi connectivity index (χ4v) is 4.42. The molecule has 2 aromatic carbocycles. The predicted octanol–water partition coefficient (Wildman–Crippen LogP) is 4.69. The smallest absolute Gasteiger partial charge is 0.336 e. The molecule has 1 saturated heterocycles. The van der Waals surface area contributed by atoms with Crippen LogP contribution in [0.3, 0.4) is 0 Å². The van der Waals surface area contributed by atoms with Gasteiger partial charge in [-0.3, -0.25) is 9.80 Å². The van der Waals surface area contributed by atoms with Crippen molar-refractivity contribution in [3.8, 4) is 11.5 Å². The number of aromatic nitrogens is 1. The maximum atomic E-state index is 12.1. The Bertz CT molecular complexity index is 1330. The molecule has 4 aromatic rings. The molecule has 3 heterocycles. The number of aryl methyl sites for hydroxylation is 3. The molecule has 170 valence electrons. The van der Waals surface area contributed by atoms with Crippen LogP contribution in [0.1, 0.15) is 28.1 Å². The molecule has 0 unspecified atom stereocenters. The zero-order valence-electron chi connectivity index (χ0n) is 19.4. The molecule has 5 rings (SSSR count).